The van der Waals surface area contributed by atoms with Gasteiger partial charge in [-0.3, -0.25) is 14.5 Å². The first-order valence-corrected chi connectivity index (χ1v) is 11.7. The lowest BCUT2D eigenvalue weighted by atomic mass is 10.1. The molecule has 162 valence electrons. The van der Waals surface area contributed by atoms with Gasteiger partial charge in [0.2, 0.25) is 10.0 Å². The molecule has 0 saturated heterocycles. The minimum absolute atomic E-state index is 0.130. The van der Waals surface area contributed by atoms with Crippen LogP contribution in [0.4, 0.5) is 11.5 Å². The molecule has 2 aromatic heterocycles. The lowest BCUT2D eigenvalue weighted by Crippen LogP contribution is -2.40. The number of aliphatic imine (C=N–C) groups is 1. The van der Waals surface area contributed by atoms with E-state index >= 15 is 0 Å². The lowest BCUT2D eigenvalue weighted by Gasteiger charge is -2.20. The summed E-state index contributed by atoms with van der Waals surface area (Å²) < 4.78 is 29.6. The van der Waals surface area contributed by atoms with E-state index in [2.05, 4.69) is 20.0 Å². The molecule has 3 N–H and O–H groups in total. The van der Waals surface area contributed by atoms with E-state index in [0.29, 0.717) is 16.9 Å². The van der Waals surface area contributed by atoms with E-state index in [4.69, 9.17) is 5.10 Å². The van der Waals surface area contributed by atoms with Crippen molar-refractivity contribution in [3.63, 3.8) is 0 Å². The highest BCUT2D eigenvalue weighted by Gasteiger charge is 2.43. The Bertz CT molecular complexity index is 1360. The first-order valence-electron chi connectivity index (χ1n) is 10.2. The standard InChI is InChI=1S/C21H24N6O3S/c1-21(2,3)26-31(29,30)13-6-4-12(5-7-13)23-19-17-15(10-11-22-20(17)28)27(25-19)16-9-8-14-18(16)24-14/h4-7,10-11,16,18,26H,8-9H2,1-3H3,(H,22,28)(H,23,25)/t16?,18-/m0/s1. The number of fused-ring (bicyclic) bond motifs is 2. The van der Waals surface area contributed by atoms with Gasteiger partial charge < -0.3 is 10.3 Å². The molecule has 1 fully saturated rings. The fraction of sp³-hybridized carbons (Fsp3) is 0.381. The summed E-state index contributed by atoms with van der Waals surface area (Å²) in [5.74, 6) is 0.439. The Morgan fingerprint density at radius 1 is 1.16 bits per heavy atom. The van der Waals surface area contributed by atoms with Gasteiger partial charge in [-0.05, 0) is 63.9 Å². The zero-order chi connectivity index (χ0) is 22.0. The molecular weight excluding hydrogens is 416 g/mol. The van der Waals surface area contributed by atoms with Gasteiger partial charge in [-0.1, -0.05) is 0 Å². The quantitative estimate of drug-likeness (QED) is 0.563. The van der Waals surface area contributed by atoms with Crippen LogP contribution in [0.5, 0.6) is 0 Å². The van der Waals surface area contributed by atoms with Crippen LogP contribution in [0.15, 0.2) is 51.2 Å². The first kappa shape index (κ1) is 20.0. The third-order valence-corrected chi connectivity index (χ3v) is 7.23. The molecule has 0 spiro atoms. The molecule has 2 aliphatic rings. The Balaban J connectivity index is 1.47. The van der Waals surface area contributed by atoms with Crippen LogP contribution in [0.3, 0.4) is 0 Å². The van der Waals surface area contributed by atoms with Crippen LogP contribution < -0.4 is 15.6 Å². The molecule has 1 aromatic carbocycles. The van der Waals surface area contributed by atoms with Crippen LogP contribution >= 0.6 is 0 Å². The second-order valence-corrected chi connectivity index (χ2v) is 10.7. The van der Waals surface area contributed by atoms with E-state index in [9.17, 15) is 13.2 Å². The molecule has 0 amide bonds. The van der Waals surface area contributed by atoms with Crippen LogP contribution in [0.25, 0.3) is 10.9 Å². The Kier molecular flexibility index (Phi) is 4.35. The first-order chi connectivity index (χ1) is 14.6. The molecule has 3 heterocycles. The topological polar surface area (TPSA) is 121 Å². The van der Waals surface area contributed by atoms with Crippen molar-refractivity contribution in [1.82, 2.24) is 19.5 Å². The summed E-state index contributed by atoms with van der Waals surface area (Å²) >= 11 is 0. The minimum Gasteiger partial charge on any atom is -0.338 e. The molecular formula is C21H24N6O3S. The molecule has 9 nitrogen and oxygen atoms in total. The van der Waals surface area contributed by atoms with E-state index in [1.165, 1.54) is 17.8 Å². The summed E-state index contributed by atoms with van der Waals surface area (Å²) in [5.41, 5.74) is 1.82. The van der Waals surface area contributed by atoms with Crippen LogP contribution in [0.2, 0.25) is 0 Å². The van der Waals surface area contributed by atoms with Gasteiger partial charge in [0.25, 0.3) is 5.56 Å². The number of H-pyrrole nitrogens is 1. The Morgan fingerprint density at radius 2 is 1.90 bits per heavy atom. The van der Waals surface area contributed by atoms with Gasteiger partial charge in [-0.15, -0.1) is 0 Å². The predicted octanol–water partition coefficient (Wildman–Crippen LogP) is 2.70. The highest BCUT2D eigenvalue weighted by atomic mass is 32.2. The summed E-state index contributed by atoms with van der Waals surface area (Å²) in [5, 5.41) is 8.36. The molecule has 1 aliphatic heterocycles. The van der Waals surface area contributed by atoms with Crippen molar-refractivity contribution in [3.05, 3.63) is 46.9 Å². The molecule has 1 saturated carbocycles. The third-order valence-electron chi connectivity index (χ3n) is 5.45. The van der Waals surface area contributed by atoms with Crippen molar-refractivity contribution in [1.29, 1.82) is 0 Å². The van der Waals surface area contributed by atoms with Gasteiger partial charge in [0.1, 0.15) is 11.4 Å². The number of anilines is 2. The summed E-state index contributed by atoms with van der Waals surface area (Å²) in [7, 11) is -3.62. The van der Waals surface area contributed by atoms with Gasteiger partial charge in [0, 0.05) is 23.1 Å². The van der Waals surface area contributed by atoms with Crippen molar-refractivity contribution in [2.45, 2.75) is 56.1 Å². The van der Waals surface area contributed by atoms with E-state index < -0.39 is 15.6 Å². The summed E-state index contributed by atoms with van der Waals surface area (Å²) in [4.78, 5) is 19.9. The molecule has 10 heteroatoms. The maximum absolute atomic E-state index is 12.6. The molecule has 31 heavy (non-hydrogen) atoms. The number of nitrogens with zero attached hydrogens (tertiary/aromatic N) is 3. The van der Waals surface area contributed by atoms with Crippen molar-refractivity contribution in [2.75, 3.05) is 5.32 Å². The zero-order valence-corrected chi connectivity index (χ0v) is 18.3. The smallest absolute Gasteiger partial charge is 0.261 e. The average molecular weight is 441 g/mol. The molecule has 0 bridgehead atoms. The highest BCUT2D eigenvalue weighted by Crippen LogP contribution is 2.41. The number of pyridine rings is 1. The van der Waals surface area contributed by atoms with Gasteiger partial charge >= 0.3 is 0 Å². The van der Waals surface area contributed by atoms with Crippen LogP contribution in [0, 0.1) is 0 Å². The summed E-state index contributed by atoms with van der Waals surface area (Å²) in [6.07, 6.45) is 3.55. The third kappa shape index (κ3) is 3.66. The SMILES string of the molecule is CC(C)(C)NS(=O)(=O)c1ccc(Nc2nn(C3CCC4=N[C@@H]43)c3cc[nH]c(=O)c23)cc1. The Morgan fingerprint density at radius 3 is 2.52 bits per heavy atom. The average Bonchev–Trinajstić information content (AvgIpc) is 3.18. The number of hydrogen-bond donors (Lipinski definition) is 3. The number of sulfonamides is 1. The van der Waals surface area contributed by atoms with Crippen molar-refractivity contribution < 1.29 is 8.42 Å². The largest absolute Gasteiger partial charge is 0.338 e. The van der Waals surface area contributed by atoms with Crippen molar-refractivity contribution in [2.24, 2.45) is 4.99 Å². The number of aromatic nitrogens is 3. The second kappa shape index (κ2) is 6.76. The highest BCUT2D eigenvalue weighted by molar-refractivity contribution is 7.89. The number of benzene rings is 1. The normalized spacial score (nSPS) is 20.5. The van der Waals surface area contributed by atoms with Gasteiger partial charge in [-0.2, -0.15) is 5.10 Å². The maximum Gasteiger partial charge on any atom is 0.261 e. The fourth-order valence-electron chi connectivity index (χ4n) is 4.13. The number of aromatic amines is 1. The van der Waals surface area contributed by atoms with E-state index in [1.807, 2.05) is 10.7 Å². The van der Waals surface area contributed by atoms with Crippen LogP contribution in [-0.4, -0.2) is 40.5 Å². The van der Waals surface area contributed by atoms with Gasteiger partial charge in [0.15, 0.2) is 5.82 Å². The molecule has 2 atom stereocenters. The van der Waals surface area contributed by atoms with Crippen LogP contribution in [-0.2, 0) is 10.0 Å². The minimum atomic E-state index is -3.62. The molecule has 1 aliphatic carbocycles. The Hall–Kier alpha value is -2.98. The Labute approximate surface area is 179 Å². The predicted molar refractivity (Wildman–Crippen MR) is 120 cm³/mol. The molecule has 5 rings (SSSR count). The summed E-state index contributed by atoms with van der Waals surface area (Å²) in [6, 6.07) is 8.57. The van der Waals surface area contributed by atoms with E-state index in [0.717, 1.165) is 18.4 Å². The van der Waals surface area contributed by atoms with Crippen LogP contribution in [0.1, 0.15) is 39.7 Å². The molecule has 0 radical (unpaired) electrons. The number of nitrogens with one attached hydrogen (secondary N) is 3. The zero-order valence-electron chi connectivity index (χ0n) is 17.5. The monoisotopic (exact) mass is 440 g/mol. The number of rotatable bonds is 5. The maximum atomic E-state index is 12.6. The van der Waals surface area contributed by atoms with Gasteiger partial charge in [0.05, 0.1) is 16.5 Å². The van der Waals surface area contributed by atoms with E-state index in [-0.39, 0.29) is 22.5 Å². The fourth-order valence-corrected chi connectivity index (χ4v) is 5.55. The summed E-state index contributed by atoms with van der Waals surface area (Å²) in [6.45, 7) is 5.37. The number of hydrogen-bond acceptors (Lipinski definition) is 6. The van der Waals surface area contributed by atoms with Crippen molar-refractivity contribution in [3.8, 4) is 0 Å². The molecule has 3 aromatic rings. The second-order valence-electron chi connectivity index (χ2n) is 9.04. The van der Waals surface area contributed by atoms with Crippen molar-refractivity contribution >= 4 is 38.1 Å². The lowest BCUT2D eigenvalue weighted by molar-refractivity contribution is 0.467. The van der Waals surface area contributed by atoms with E-state index in [1.54, 1.807) is 39.1 Å². The molecule has 1 unspecified atom stereocenters. The van der Waals surface area contributed by atoms with Gasteiger partial charge in [-0.25, -0.2) is 13.1 Å².